The molecule has 1 atom stereocenters. The molecular weight excluding hydrogens is 359 g/mol. The summed E-state index contributed by atoms with van der Waals surface area (Å²) in [6.07, 6.45) is -3.86. The zero-order chi connectivity index (χ0) is 19.8. The molecule has 0 spiro atoms. The number of hydrogen-bond acceptors (Lipinski definition) is 6. The van der Waals surface area contributed by atoms with Crippen LogP contribution >= 0.6 is 0 Å². The Labute approximate surface area is 154 Å². The van der Waals surface area contributed by atoms with Crippen molar-refractivity contribution in [3.05, 3.63) is 46.3 Å². The molecule has 142 valence electrons. The minimum atomic E-state index is -4.52. The molecule has 6 nitrogen and oxygen atoms in total. The zero-order valence-electron chi connectivity index (χ0n) is 14.9. The third-order valence-corrected chi connectivity index (χ3v) is 4.94. The van der Waals surface area contributed by atoms with Crippen molar-refractivity contribution in [2.75, 3.05) is 13.7 Å². The van der Waals surface area contributed by atoms with Crippen LogP contribution in [0.2, 0.25) is 0 Å². The van der Waals surface area contributed by atoms with Crippen molar-refractivity contribution in [1.82, 2.24) is 5.01 Å². The van der Waals surface area contributed by atoms with E-state index in [9.17, 15) is 18.4 Å². The van der Waals surface area contributed by atoms with Gasteiger partial charge in [0.1, 0.15) is 17.3 Å². The first-order valence-electron chi connectivity index (χ1n) is 8.40. The Hall–Kier alpha value is -2.73. The number of fused-ring (bicyclic) bond motifs is 1. The highest BCUT2D eigenvalue weighted by Crippen LogP contribution is 2.41. The summed E-state index contributed by atoms with van der Waals surface area (Å²) in [6.45, 7) is 1.65. The molecule has 0 bridgehead atoms. The average molecular weight is 377 g/mol. The number of rotatable bonds is 4. The largest absolute Gasteiger partial charge is 0.416 e. The van der Waals surface area contributed by atoms with E-state index in [4.69, 9.17) is 5.11 Å². The van der Waals surface area contributed by atoms with Gasteiger partial charge in [-0.15, -0.1) is 5.11 Å². The SMILES string of the molecule is CN1N=NC2=C(C#N)N=C(c3ccc(CCCO)c(C(F)(F)F)c3)CC21C. The van der Waals surface area contributed by atoms with Crippen LogP contribution in [0.4, 0.5) is 13.2 Å². The maximum atomic E-state index is 13.5. The summed E-state index contributed by atoms with van der Waals surface area (Å²) in [5, 5.41) is 27.8. The second-order valence-electron chi connectivity index (χ2n) is 6.73. The number of nitriles is 1. The number of nitrogens with zero attached hydrogens (tertiary/aromatic N) is 5. The van der Waals surface area contributed by atoms with E-state index in [0.717, 1.165) is 6.07 Å². The number of allylic oxidation sites excluding steroid dienone is 1. The molecule has 1 unspecified atom stereocenters. The molecule has 0 radical (unpaired) electrons. The first-order chi connectivity index (χ1) is 12.7. The van der Waals surface area contributed by atoms with Crippen molar-refractivity contribution in [1.29, 1.82) is 5.26 Å². The lowest BCUT2D eigenvalue weighted by molar-refractivity contribution is -0.138. The van der Waals surface area contributed by atoms with E-state index in [1.165, 1.54) is 6.07 Å². The monoisotopic (exact) mass is 377 g/mol. The lowest BCUT2D eigenvalue weighted by atomic mass is 9.84. The smallest absolute Gasteiger partial charge is 0.396 e. The molecule has 0 aliphatic carbocycles. The summed E-state index contributed by atoms with van der Waals surface area (Å²) >= 11 is 0. The van der Waals surface area contributed by atoms with E-state index in [1.54, 1.807) is 18.1 Å². The van der Waals surface area contributed by atoms with Gasteiger partial charge in [0.2, 0.25) is 0 Å². The number of hydrogen-bond donors (Lipinski definition) is 1. The maximum Gasteiger partial charge on any atom is 0.416 e. The predicted octanol–water partition coefficient (Wildman–Crippen LogP) is 3.63. The van der Waals surface area contributed by atoms with Crippen molar-refractivity contribution in [2.24, 2.45) is 15.3 Å². The summed E-state index contributed by atoms with van der Waals surface area (Å²) in [5.41, 5.74) is -0.168. The average Bonchev–Trinajstić information content (AvgIpc) is 2.93. The van der Waals surface area contributed by atoms with Crippen LogP contribution in [0.25, 0.3) is 0 Å². The van der Waals surface area contributed by atoms with Crippen molar-refractivity contribution >= 4 is 5.71 Å². The van der Waals surface area contributed by atoms with Crippen LogP contribution < -0.4 is 0 Å². The van der Waals surface area contributed by atoms with E-state index in [-0.39, 0.29) is 37.1 Å². The van der Waals surface area contributed by atoms with Gasteiger partial charge < -0.3 is 5.11 Å². The van der Waals surface area contributed by atoms with Crippen molar-refractivity contribution in [2.45, 2.75) is 37.9 Å². The number of benzene rings is 1. The van der Waals surface area contributed by atoms with Gasteiger partial charge >= 0.3 is 6.18 Å². The number of aliphatic hydroxyl groups excluding tert-OH is 1. The lowest BCUT2D eigenvalue weighted by Crippen LogP contribution is -2.42. The summed E-state index contributed by atoms with van der Waals surface area (Å²) in [5.74, 6) is 0. The Morgan fingerprint density at radius 1 is 1.37 bits per heavy atom. The number of aliphatic imine (C=N–C) groups is 1. The van der Waals surface area contributed by atoms with Gasteiger partial charge in [0.05, 0.1) is 11.3 Å². The molecule has 2 aliphatic heterocycles. The highest BCUT2D eigenvalue weighted by Gasteiger charge is 2.45. The second-order valence-corrected chi connectivity index (χ2v) is 6.73. The molecule has 0 fully saturated rings. The molecule has 3 rings (SSSR count). The molecule has 1 aromatic rings. The normalized spacial score (nSPS) is 22.0. The zero-order valence-corrected chi connectivity index (χ0v) is 14.9. The molecule has 2 aliphatic rings. The molecule has 0 saturated heterocycles. The number of alkyl halides is 3. The first-order valence-corrected chi connectivity index (χ1v) is 8.40. The van der Waals surface area contributed by atoms with Gasteiger partial charge in [0.25, 0.3) is 0 Å². The molecule has 0 amide bonds. The fourth-order valence-electron chi connectivity index (χ4n) is 3.28. The summed E-state index contributed by atoms with van der Waals surface area (Å²) in [7, 11) is 1.70. The number of likely N-dealkylation sites (N-methyl/N-ethyl adjacent to an activating group) is 1. The van der Waals surface area contributed by atoms with Crippen molar-refractivity contribution < 1.29 is 18.3 Å². The lowest BCUT2D eigenvalue weighted by Gasteiger charge is -2.33. The number of halogens is 3. The molecule has 27 heavy (non-hydrogen) atoms. The first kappa shape index (κ1) is 19.0. The third kappa shape index (κ3) is 3.32. The third-order valence-electron chi connectivity index (χ3n) is 4.94. The molecular formula is C18H18F3N5O. The predicted molar refractivity (Wildman–Crippen MR) is 91.7 cm³/mol. The topological polar surface area (TPSA) is 84.3 Å². The van der Waals surface area contributed by atoms with Crippen LogP contribution in [-0.4, -0.2) is 35.0 Å². The van der Waals surface area contributed by atoms with Gasteiger partial charge in [0.15, 0.2) is 5.70 Å². The van der Waals surface area contributed by atoms with Gasteiger partial charge in [-0.3, -0.25) is 5.01 Å². The molecule has 0 saturated carbocycles. The molecule has 1 N–H and O–H groups in total. The minimum Gasteiger partial charge on any atom is -0.396 e. The van der Waals surface area contributed by atoms with E-state index < -0.39 is 17.3 Å². The van der Waals surface area contributed by atoms with Gasteiger partial charge in [-0.1, -0.05) is 17.4 Å². The van der Waals surface area contributed by atoms with Crippen molar-refractivity contribution in [3.8, 4) is 6.07 Å². The van der Waals surface area contributed by atoms with E-state index in [1.807, 2.05) is 13.0 Å². The summed E-state index contributed by atoms with van der Waals surface area (Å²) < 4.78 is 40.5. The van der Waals surface area contributed by atoms with Crippen LogP contribution in [0.5, 0.6) is 0 Å². The van der Waals surface area contributed by atoms with E-state index in [0.29, 0.717) is 17.0 Å². The number of aryl methyl sites for hydroxylation is 1. The van der Waals surface area contributed by atoms with E-state index in [2.05, 4.69) is 15.3 Å². The van der Waals surface area contributed by atoms with Gasteiger partial charge in [-0.25, -0.2) is 4.99 Å². The second kappa shape index (κ2) is 6.78. The van der Waals surface area contributed by atoms with E-state index >= 15 is 0 Å². The molecule has 1 aromatic carbocycles. The fraction of sp³-hybridized carbons (Fsp3) is 0.444. The van der Waals surface area contributed by atoms with Crippen LogP contribution in [0.3, 0.4) is 0 Å². The van der Waals surface area contributed by atoms with Crippen LogP contribution in [0.1, 0.15) is 36.5 Å². The fourth-order valence-corrected chi connectivity index (χ4v) is 3.28. The Bertz CT molecular complexity index is 897. The van der Waals surface area contributed by atoms with Crippen LogP contribution in [-0.2, 0) is 12.6 Å². The number of aliphatic hydroxyl groups is 1. The Kier molecular flexibility index (Phi) is 4.78. The Balaban J connectivity index is 2.07. The summed E-state index contributed by atoms with van der Waals surface area (Å²) in [4.78, 5) is 4.26. The summed E-state index contributed by atoms with van der Waals surface area (Å²) in [6, 6.07) is 6.02. The maximum absolute atomic E-state index is 13.5. The minimum absolute atomic E-state index is 0.0600. The molecule has 0 aromatic heterocycles. The van der Waals surface area contributed by atoms with Crippen LogP contribution in [0.15, 0.2) is 44.9 Å². The Morgan fingerprint density at radius 3 is 2.74 bits per heavy atom. The standard InChI is InChI=1S/C18H18F3N5O/c1-17-9-14(23-15(10-22)16(17)24-25-26(17)2)12-6-5-11(4-3-7-27)13(8-12)18(19,20)21/h5-6,8,27H,3-4,7,9H2,1-2H3. The van der Waals surface area contributed by atoms with Crippen molar-refractivity contribution in [3.63, 3.8) is 0 Å². The Morgan fingerprint density at radius 2 is 2.11 bits per heavy atom. The van der Waals surface area contributed by atoms with Gasteiger partial charge in [-0.05, 0) is 37.0 Å². The quantitative estimate of drug-likeness (QED) is 0.870. The molecule has 9 heteroatoms. The highest BCUT2D eigenvalue weighted by molar-refractivity contribution is 6.03. The van der Waals surface area contributed by atoms with Crippen LogP contribution in [0, 0.1) is 11.3 Å². The highest BCUT2D eigenvalue weighted by atomic mass is 19.4. The van der Waals surface area contributed by atoms with Gasteiger partial charge in [-0.2, -0.15) is 18.4 Å². The molecule has 2 heterocycles. The van der Waals surface area contributed by atoms with Gasteiger partial charge in [0, 0.05) is 20.1 Å².